The van der Waals surface area contributed by atoms with Crippen LogP contribution in [-0.4, -0.2) is 23.8 Å². The maximum Gasteiger partial charge on any atom is 0.0696 e. The highest BCUT2D eigenvalue weighted by Gasteiger charge is 2.42. The van der Waals surface area contributed by atoms with Crippen molar-refractivity contribution >= 4 is 0 Å². The molecule has 100 valence electrons. The number of hydrogen-bond acceptors (Lipinski definition) is 2. The normalized spacial score (nSPS) is 48.5. The van der Waals surface area contributed by atoms with E-state index in [1.165, 1.54) is 6.42 Å². The fourth-order valence-electron chi connectivity index (χ4n) is 4.13. The molecular weight excluding hydrogens is 210 g/mol. The first kappa shape index (κ1) is 13.4. The van der Waals surface area contributed by atoms with Gasteiger partial charge >= 0.3 is 0 Å². The van der Waals surface area contributed by atoms with Crippen molar-refractivity contribution in [3.05, 3.63) is 0 Å². The topological polar surface area (TPSA) is 32.3 Å². The van der Waals surface area contributed by atoms with Crippen LogP contribution in [0.4, 0.5) is 0 Å². The molecule has 2 N–H and O–H groups in total. The van der Waals surface area contributed by atoms with E-state index in [-0.39, 0.29) is 6.10 Å². The first-order chi connectivity index (χ1) is 8.02. The SMILES string of the molecule is CC1C(C)C(C)C(C[C@@H](O)[C@@H]2CCCN2)C1C. The summed E-state index contributed by atoms with van der Waals surface area (Å²) >= 11 is 0. The van der Waals surface area contributed by atoms with E-state index in [1.807, 2.05) is 0 Å². The van der Waals surface area contributed by atoms with Crippen LogP contribution >= 0.6 is 0 Å². The van der Waals surface area contributed by atoms with Crippen molar-refractivity contribution in [1.82, 2.24) is 5.32 Å². The molecule has 1 aliphatic heterocycles. The van der Waals surface area contributed by atoms with Gasteiger partial charge in [0.2, 0.25) is 0 Å². The zero-order chi connectivity index (χ0) is 12.6. The molecule has 4 unspecified atom stereocenters. The molecule has 1 saturated heterocycles. The first-order valence-corrected chi connectivity index (χ1v) is 7.43. The summed E-state index contributed by atoms with van der Waals surface area (Å²) in [5, 5.41) is 13.8. The predicted molar refractivity (Wildman–Crippen MR) is 71.8 cm³/mol. The Bertz CT molecular complexity index is 235. The molecular formula is C15H29NO. The monoisotopic (exact) mass is 239 g/mol. The third-order valence-corrected chi connectivity index (χ3v) is 5.92. The van der Waals surface area contributed by atoms with Crippen molar-refractivity contribution in [1.29, 1.82) is 0 Å². The molecule has 0 amide bonds. The standard InChI is InChI=1S/C15H29NO/c1-9-10(2)12(4)13(11(9)3)8-15(17)14-6-5-7-16-14/h9-17H,5-8H2,1-4H3/t9?,10?,11?,12?,13?,14-,15+/m0/s1. The Kier molecular flexibility index (Phi) is 4.14. The molecule has 0 radical (unpaired) electrons. The number of hydrogen-bond donors (Lipinski definition) is 2. The zero-order valence-electron chi connectivity index (χ0n) is 11.8. The van der Waals surface area contributed by atoms with Crippen LogP contribution in [0.2, 0.25) is 0 Å². The second kappa shape index (κ2) is 5.27. The molecule has 0 spiro atoms. The number of aliphatic hydroxyl groups is 1. The van der Waals surface area contributed by atoms with Crippen molar-refractivity contribution in [2.45, 2.75) is 59.1 Å². The van der Waals surface area contributed by atoms with Crippen LogP contribution in [0.25, 0.3) is 0 Å². The minimum absolute atomic E-state index is 0.134. The van der Waals surface area contributed by atoms with Gasteiger partial charge in [-0.25, -0.2) is 0 Å². The molecule has 0 bridgehead atoms. The van der Waals surface area contributed by atoms with Crippen LogP contribution in [-0.2, 0) is 0 Å². The highest BCUT2D eigenvalue weighted by molar-refractivity contribution is 4.92. The van der Waals surface area contributed by atoms with Crippen LogP contribution < -0.4 is 5.32 Å². The van der Waals surface area contributed by atoms with E-state index in [2.05, 4.69) is 33.0 Å². The molecule has 0 aromatic heterocycles. The Hall–Kier alpha value is -0.0800. The summed E-state index contributed by atoms with van der Waals surface area (Å²) in [6.45, 7) is 10.6. The van der Waals surface area contributed by atoms with Gasteiger partial charge in [-0.3, -0.25) is 0 Å². The molecule has 2 aliphatic rings. The van der Waals surface area contributed by atoms with Crippen molar-refractivity contribution in [2.75, 3.05) is 6.54 Å². The lowest BCUT2D eigenvalue weighted by Crippen LogP contribution is -2.37. The summed E-state index contributed by atoms with van der Waals surface area (Å²) in [6.07, 6.45) is 3.24. The molecule has 6 atom stereocenters. The summed E-state index contributed by atoms with van der Waals surface area (Å²) < 4.78 is 0. The fraction of sp³-hybridized carbons (Fsp3) is 1.00. The third kappa shape index (κ3) is 2.53. The van der Waals surface area contributed by atoms with Crippen molar-refractivity contribution < 1.29 is 5.11 Å². The Morgan fingerprint density at radius 3 is 2.12 bits per heavy atom. The van der Waals surface area contributed by atoms with E-state index in [4.69, 9.17) is 0 Å². The third-order valence-electron chi connectivity index (χ3n) is 5.92. The van der Waals surface area contributed by atoms with E-state index < -0.39 is 0 Å². The minimum Gasteiger partial charge on any atom is -0.391 e. The van der Waals surface area contributed by atoms with Gasteiger partial charge in [0.15, 0.2) is 0 Å². The van der Waals surface area contributed by atoms with E-state index in [9.17, 15) is 5.11 Å². The average molecular weight is 239 g/mol. The van der Waals surface area contributed by atoms with Crippen LogP contribution in [0.3, 0.4) is 0 Å². The lowest BCUT2D eigenvalue weighted by Gasteiger charge is -2.27. The van der Waals surface area contributed by atoms with Gasteiger partial charge in [0.05, 0.1) is 6.10 Å². The summed E-state index contributed by atoms with van der Waals surface area (Å²) in [6, 6.07) is 0.362. The smallest absolute Gasteiger partial charge is 0.0696 e. The zero-order valence-corrected chi connectivity index (χ0v) is 11.8. The summed E-state index contributed by atoms with van der Waals surface area (Å²) in [7, 11) is 0. The lowest BCUT2D eigenvalue weighted by molar-refractivity contribution is 0.0884. The van der Waals surface area contributed by atoms with Gasteiger partial charge in [-0.15, -0.1) is 0 Å². The Labute approximate surface area is 106 Å². The molecule has 1 saturated carbocycles. The maximum absolute atomic E-state index is 10.4. The molecule has 2 nitrogen and oxygen atoms in total. The van der Waals surface area contributed by atoms with E-state index in [0.717, 1.165) is 43.1 Å². The van der Waals surface area contributed by atoms with Crippen molar-refractivity contribution in [3.8, 4) is 0 Å². The van der Waals surface area contributed by atoms with Gasteiger partial charge in [0, 0.05) is 6.04 Å². The summed E-state index contributed by atoms with van der Waals surface area (Å²) in [4.78, 5) is 0. The molecule has 1 heterocycles. The minimum atomic E-state index is -0.134. The van der Waals surface area contributed by atoms with Crippen molar-refractivity contribution in [2.24, 2.45) is 29.6 Å². The number of aliphatic hydroxyl groups excluding tert-OH is 1. The largest absolute Gasteiger partial charge is 0.391 e. The second-order valence-electron chi connectivity index (χ2n) is 6.61. The molecule has 2 fully saturated rings. The number of rotatable bonds is 3. The number of nitrogens with one attached hydrogen (secondary N) is 1. The van der Waals surface area contributed by atoms with Crippen LogP contribution in [0.5, 0.6) is 0 Å². The quantitative estimate of drug-likeness (QED) is 0.793. The van der Waals surface area contributed by atoms with E-state index in [0.29, 0.717) is 12.0 Å². The lowest BCUT2D eigenvalue weighted by atomic mass is 9.83. The van der Waals surface area contributed by atoms with Gasteiger partial charge in [0.1, 0.15) is 0 Å². The molecule has 2 rings (SSSR count). The average Bonchev–Trinajstić information content (AvgIpc) is 2.90. The van der Waals surface area contributed by atoms with Crippen LogP contribution in [0.1, 0.15) is 47.0 Å². The second-order valence-corrected chi connectivity index (χ2v) is 6.61. The van der Waals surface area contributed by atoms with Gasteiger partial charge in [-0.1, -0.05) is 27.7 Å². The van der Waals surface area contributed by atoms with E-state index in [1.54, 1.807) is 0 Å². The van der Waals surface area contributed by atoms with Gasteiger partial charge in [-0.05, 0) is 55.4 Å². The Balaban J connectivity index is 1.93. The highest BCUT2D eigenvalue weighted by Crippen LogP contribution is 2.47. The van der Waals surface area contributed by atoms with E-state index >= 15 is 0 Å². The predicted octanol–water partition coefficient (Wildman–Crippen LogP) is 2.66. The highest BCUT2D eigenvalue weighted by atomic mass is 16.3. The molecule has 0 aromatic rings. The fourth-order valence-corrected chi connectivity index (χ4v) is 4.13. The first-order valence-electron chi connectivity index (χ1n) is 7.43. The van der Waals surface area contributed by atoms with Gasteiger partial charge in [-0.2, -0.15) is 0 Å². The Morgan fingerprint density at radius 2 is 1.65 bits per heavy atom. The molecule has 0 aromatic carbocycles. The van der Waals surface area contributed by atoms with Gasteiger partial charge < -0.3 is 10.4 Å². The molecule has 17 heavy (non-hydrogen) atoms. The summed E-state index contributed by atoms with van der Waals surface area (Å²) in [5.74, 6) is 3.84. The maximum atomic E-state index is 10.4. The van der Waals surface area contributed by atoms with Crippen molar-refractivity contribution in [3.63, 3.8) is 0 Å². The summed E-state index contributed by atoms with van der Waals surface area (Å²) in [5.41, 5.74) is 0. The molecule has 2 heteroatoms. The Morgan fingerprint density at radius 1 is 1.06 bits per heavy atom. The molecule has 1 aliphatic carbocycles. The van der Waals surface area contributed by atoms with Gasteiger partial charge in [0.25, 0.3) is 0 Å². The van der Waals surface area contributed by atoms with Crippen LogP contribution in [0, 0.1) is 29.6 Å². The van der Waals surface area contributed by atoms with Crippen LogP contribution in [0.15, 0.2) is 0 Å².